The summed E-state index contributed by atoms with van der Waals surface area (Å²) in [5.74, 6) is -2.17. The van der Waals surface area contributed by atoms with Crippen LogP contribution in [0.15, 0.2) is 158 Å². The number of nitrogens with one attached hydrogen (secondary N) is 3. The second kappa shape index (κ2) is 30.4. The van der Waals surface area contributed by atoms with Crippen LogP contribution in [0.1, 0.15) is 105 Å². The largest absolute Gasteiger partial charge is 0.457 e. The van der Waals surface area contributed by atoms with E-state index in [-0.39, 0.29) is 62.2 Å². The third-order valence-corrected chi connectivity index (χ3v) is 12.7. The zero-order valence-electron chi connectivity index (χ0n) is 46.6. The third-order valence-electron chi connectivity index (χ3n) is 12.7. The number of esters is 2. The first-order valence-corrected chi connectivity index (χ1v) is 27.0. The van der Waals surface area contributed by atoms with Crippen molar-refractivity contribution >= 4 is 86.0 Å². The van der Waals surface area contributed by atoms with Gasteiger partial charge in [0.15, 0.2) is 0 Å². The molecule has 14 nitrogen and oxygen atoms in total. The molecule has 2 heterocycles. The molecule has 0 fully saturated rings. The van der Waals surface area contributed by atoms with Gasteiger partial charge in [0.25, 0.3) is 0 Å². The minimum atomic E-state index is -0.692. The lowest BCUT2D eigenvalue weighted by atomic mass is 9.96. The molecule has 6 aromatic carbocycles. The van der Waals surface area contributed by atoms with Crippen molar-refractivity contribution in [3.8, 4) is 0 Å². The van der Waals surface area contributed by atoms with Gasteiger partial charge in [0.05, 0.1) is 28.3 Å². The van der Waals surface area contributed by atoms with Crippen molar-refractivity contribution in [2.75, 3.05) is 43.2 Å². The fourth-order valence-electron chi connectivity index (χ4n) is 8.61. The number of aromatic nitrogens is 2. The Balaban J connectivity index is 0.000000284. The number of benzene rings is 6. The Morgan fingerprint density at radius 3 is 1.40 bits per heavy atom. The molecule has 3 amide bonds. The molecule has 2 atom stereocenters. The van der Waals surface area contributed by atoms with E-state index in [1.807, 2.05) is 156 Å². The van der Waals surface area contributed by atoms with Crippen molar-refractivity contribution in [3.63, 3.8) is 0 Å². The summed E-state index contributed by atoms with van der Waals surface area (Å²) in [4.78, 5) is 74.2. The lowest BCUT2D eigenvalue weighted by Crippen LogP contribution is -2.39. The fraction of sp³-hybridized carbons (Fsp3) is 0.277. The number of halogens is 2. The predicted molar refractivity (Wildman–Crippen MR) is 325 cm³/mol. The SMILES string of the molecule is C.CNCC(C(=O)Nc1ccc2cnccc2c1)c1ccc(COC(=O)c2ccc(C)cc2C)cc1.Cc1ccc(C(=O)OCc2ccc(C(CN(C)C(=O)OC(C)(C)C)C(=O)Nc3ccc4cnccc4c3)cc2)c(C)c1.ClCCl. The van der Waals surface area contributed by atoms with E-state index < -0.39 is 17.6 Å². The van der Waals surface area contributed by atoms with Crippen molar-refractivity contribution in [1.29, 1.82) is 0 Å². The van der Waals surface area contributed by atoms with Crippen molar-refractivity contribution in [2.45, 2.75) is 86.5 Å². The van der Waals surface area contributed by atoms with Crippen LogP contribution in [0.3, 0.4) is 0 Å². The average Bonchev–Trinajstić information content (AvgIpc) is 3.45. The van der Waals surface area contributed by atoms with Gasteiger partial charge in [-0.15, -0.1) is 23.2 Å². The summed E-state index contributed by atoms with van der Waals surface area (Å²) in [5, 5.41) is 13.3. The summed E-state index contributed by atoms with van der Waals surface area (Å²) < 4.78 is 16.6. The van der Waals surface area contributed by atoms with E-state index in [1.54, 1.807) is 64.7 Å². The summed E-state index contributed by atoms with van der Waals surface area (Å²) in [6.07, 6.45) is 6.48. The van der Waals surface area contributed by atoms with E-state index in [0.29, 0.717) is 28.9 Å². The van der Waals surface area contributed by atoms with Crippen molar-refractivity contribution in [3.05, 3.63) is 214 Å². The van der Waals surface area contributed by atoms with Crippen LogP contribution in [0.2, 0.25) is 0 Å². The lowest BCUT2D eigenvalue weighted by Gasteiger charge is -2.27. The smallest absolute Gasteiger partial charge is 0.410 e. The van der Waals surface area contributed by atoms with E-state index in [1.165, 1.54) is 4.90 Å². The summed E-state index contributed by atoms with van der Waals surface area (Å²) in [6.45, 7) is 14.0. The first-order chi connectivity index (χ1) is 38.2. The first-order valence-electron chi connectivity index (χ1n) is 25.9. The fourth-order valence-corrected chi connectivity index (χ4v) is 8.61. The Morgan fingerprint density at radius 1 is 0.568 bits per heavy atom. The van der Waals surface area contributed by atoms with Gasteiger partial charge in [-0.25, -0.2) is 14.4 Å². The monoisotopic (exact) mass is 1130 g/mol. The molecule has 81 heavy (non-hydrogen) atoms. The minimum absolute atomic E-state index is 0. The van der Waals surface area contributed by atoms with Crippen molar-refractivity contribution in [1.82, 2.24) is 20.2 Å². The van der Waals surface area contributed by atoms with Gasteiger partial charge in [0.1, 0.15) is 18.8 Å². The molecular formula is C65H72Cl2N6O8. The first kappa shape index (κ1) is 63.7. The molecule has 0 bridgehead atoms. The van der Waals surface area contributed by atoms with Gasteiger partial charge in [-0.2, -0.15) is 0 Å². The maximum absolute atomic E-state index is 13.6. The molecule has 8 aromatic rings. The Labute approximate surface area is 485 Å². The van der Waals surface area contributed by atoms with Gasteiger partial charge < -0.3 is 35.1 Å². The van der Waals surface area contributed by atoms with Crippen LogP contribution < -0.4 is 16.0 Å². The zero-order chi connectivity index (χ0) is 57.9. The number of likely N-dealkylation sites (N-methyl/N-ethyl adjacent to an activating group) is 2. The highest BCUT2D eigenvalue weighted by atomic mass is 35.5. The Hall–Kier alpha value is -8.17. The molecule has 2 unspecified atom stereocenters. The van der Waals surface area contributed by atoms with E-state index in [9.17, 15) is 24.0 Å². The van der Waals surface area contributed by atoms with Crippen molar-refractivity contribution in [2.24, 2.45) is 0 Å². The second-order valence-electron chi connectivity index (χ2n) is 20.3. The highest BCUT2D eigenvalue weighted by molar-refractivity contribution is 6.40. The normalized spacial score (nSPS) is 11.5. The van der Waals surface area contributed by atoms with E-state index in [2.05, 4.69) is 25.9 Å². The van der Waals surface area contributed by atoms with E-state index >= 15 is 0 Å². The van der Waals surface area contributed by atoms with Gasteiger partial charge in [0.2, 0.25) is 11.8 Å². The van der Waals surface area contributed by atoms with Gasteiger partial charge >= 0.3 is 18.0 Å². The predicted octanol–water partition coefficient (Wildman–Crippen LogP) is 14.0. The van der Waals surface area contributed by atoms with Crippen LogP contribution >= 0.6 is 23.2 Å². The maximum Gasteiger partial charge on any atom is 0.410 e. The molecule has 0 saturated carbocycles. The number of nitrogens with zero attached hydrogens (tertiary/aromatic N) is 3. The number of pyridine rings is 2. The molecule has 0 spiro atoms. The quantitative estimate of drug-likeness (QED) is 0.0476. The Morgan fingerprint density at radius 2 is 0.988 bits per heavy atom. The third kappa shape index (κ3) is 19.0. The number of aryl methyl sites for hydroxylation is 4. The average molecular weight is 1140 g/mol. The van der Waals surface area contributed by atoms with Crippen molar-refractivity contribution < 1.29 is 38.2 Å². The number of hydrogen-bond donors (Lipinski definition) is 3. The molecule has 0 aliphatic heterocycles. The van der Waals surface area contributed by atoms with Crippen LogP contribution in [0.4, 0.5) is 16.2 Å². The topological polar surface area (TPSA) is 178 Å². The van der Waals surface area contributed by atoms with Gasteiger partial charge in [0, 0.05) is 67.1 Å². The van der Waals surface area contributed by atoms with E-state index in [4.69, 9.17) is 37.4 Å². The molecule has 0 aliphatic rings. The van der Waals surface area contributed by atoms with Gasteiger partial charge in [-0.1, -0.05) is 103 Å². The molecule has 8 rings (SSSR count). The number of alkyl halides is 2. The van der Waals surface area contributed by atoms with Crippen LogP contribution in [0.5, 0.6) is 0 Å². The molecule has 0 aliphatic carbocycles. The molecule has 2 aromatic heterocycles. The molecular weight excluding hydrogens is 1060 g/mol. The number of amides is 3. The van der Waals surface area contributed by atoms with Gasteiger partial charge in [-0.05, 0) is 148 Å². The number of hydrogen-bond acceptors (Lipinski definition) is 11. The number of anilines is 2. The number of carbonyl (C=O) groups is 5. The number of ether oxygens (including phenoxy) is 3. The molecule has 3 N–H and O–H groups in total. The number of carbonyl (C=O) groups excluding carboxylic acids is 5. The lowest BCUT2D eigenvalue weighted by molar-refractivity contribution is -0.118. The summed E-state index contributed by atoms with van der Waals surface area (Å²) >= 11 is 9.53. The van der Waals surface area contributed by atoms with Crippen LogP contribution in [-0.4, -0.2) is 82.8 Å². The Bertz CT molecular complexity index is 3420. The summed E-state index contributed by atoms with van der Waals surface area (Å²) in [5.41, 5.74) is 8.98. The Kier molecular flexibility index (Phi) is 23.9. The minimum Gasteiger partial charge on any atom is -0.457 e. The van der Waals surface area contributed by atoms with Crippen LogP contribution in [0, 0.1) is 27.7 Å². The standard InChI is InChI=1S/C34H37N3O5.C29H29N3O3.CH2Cl2.CH4/c1-22-7-14-29(23(2)17-22)32(39)41-21-24-8-10-25(11-9-24)30(20-37(6)33(40)42-34(3,4)5)31(38)36-28-13-12-27-19-35-16-15-26(27)18-28;1-19-4-11-26(20(2)14-19)29(34)35-18-21-5-7-22(8-6-21)27(17-30-3)28(33)32-25-10-9-24-16-31-13-12-23(24)15-25;2-1-3;/h7-19,30H,20-21H2,1-6H3,(H,36,38);4-16,27,30H,17-18H2,1-3H3,(H,32,33);1H2;1H4. The summed E-state index contributed by atoms with van der Waals surface area (Å²) in [6, 6.07) is 41.3. The zero-order valence-corrected chi connectivity index (χ0v) is 48.1. The molecule has 16 heteroatoms. The van der Waals surface area contributed by atoms with Crippen LogP contribution in [0.25, 0.3) is 21.5 Å². The summed E-state index contributed by atoms with van der Waals surface area (Å²) in [7, 11) is 3.43. The molecule has 424 valence electrons. The van der Waals surface area contributed by atoms with E-state index in [0.717, 1.165) is 66.2 Å². The highest BCUT2D eigenvalue weighted by Gasteiger charge is 2.28. The maximum atomic E-state index is 13.6. The molecule has 0 saturated heterocycles. The highest BCUT2D eigenvalue weighted by Crippen LogP contribution is 2.26. The molecule has 0 radical (unpaired) electrons. The number of rotatable bonds is 16. The number of fused-ring (bicyclic) bond motifs is 2. The second-order valence-corrected chi connectivity index (χ2v) is 21.1. The van der Waals surface area contributed by atoms with Gasteiger partial charge in [-0.3, -0.25) is 19.6 Å². The van der Waals surface area contributed by atoms with Crippen LogP contribution in [-0.2, 0) is 37.0 Å².